The summed E-state index contributed by atoms with van der Waals surface area (Å²) < 4.78 is 38.4. The second-order valence-electron chi connectivity index (χ2n) is 6.63. The highest BCUT2D eigenvalue weighted by atomic mass is 32.2. The highest BCUT2D eigenvalue weighted by Crippen LogP contribution is 2.23. The summed E-state index contributed by atoms with van der Waals surface area (Å²) in [5, 5.41) is 0. The third kappa shape index (κ3) is 3.67. The zero-order valence-corrected chi connectivity index (χ0v) is 17.1. The molecule has 0 bridgehead atoms. The van der Waals surface area contributed by atoms with Gasteiger partial charge in [0.15, 0.2) is 0 Å². The molecule has 0 aliphatic carbocycles. The van der Waals surface area contributed by atoms with Crippen molar-refractivity contribution in [3.8, 4) is 0 Å². The van der Waals surface area contributed by atoms with Gasteiger partial charge in [-0.1, -0.05) is 6.92 Å². The minimum atomic E-state index is -3.56. The number of fused-ring (bicyclic) bond motifs is 1. The Morgan fingerprint density at radius 2 is 2.04 bits per heavy atom. The Hall–Kier alpha value is -2.65. The van der Waals surface area contributed by atoms with E-state index in [0.29, 0.717) is 23.4 Å². The van der Waals surface area contributed by atoms with Crippen LogP contribution in [-0.4, -0.2) is 42.3 Å². The first-order valence-corrected chi connectivity index (χ1v) is 10.3. The van der Waals surface area contributed by atoms with Gasteiger partial charge in [0.05, 0.1) is 22.2 Å². The van der Waals surface area contributed by atoms with E-state index in [0.717, 1.165) is 16.2 Å². The summed E-state index contributed by atoms with van der Waals surface area (Å²) in [6.45, 7) is 4.42. The van der Waals surface area contributed by atoms with E-state index in [4.69, 9.17) is 9.15 Å². The van der Waals surface area contributed by atoms with Crippen molar-refractivity contribution in [2.45, 2.75) is 38.3 Å². The fraction of sp³-hybridized carbons (Fsp3) is 0.368. The molecule has 0 fully saturated rings. The smallest absolute Gasteiger partial charge is 0.374 e. The average molecular weight is 405 g/mol. The molecule has 0 N–H and O–H groups in total. The molecule has 0 aliphatic heterocycles. The number of aryl methyl sites for hydroxylation is 2. The number of carbonyl (C=O) groups is 1. The van der Waals surface area contributed by atoms with Crippen LogP contribution in [0.2, 0.25) is 0 Å². The molecule has 2 heterocycles. The fourth-order valence-electron chi connectivity index (χ4n) is 2.89. The molecule has 0 spiro atoms. The Morgan fingerprint density at radius 3 is 2.64 bits per heavy atom. The topological polar surface area (TPSA) is 94.6 Å². The minimum Gasteiger partial charge on any atom is -0.457 e. The summed E-state index contributed by atoms with van der Waals surface area (Å²) in [6, 6.07) is 6.53. The summed E-state index contributed by atoms with van der Waals surface area (Å²) in [4.78, 5) is 16.9. The molecule has 3 rings (SSSR count). The zero-order chi connectivity index (χ0) is 20.5. The lowest BCUT2D eigenvalue weighted by Crippen LogP contribution is -2.22. The van der Waals surface area contributed by atoms with Crippen LogP contribution in [0, 0.1) is 6.92 Å². The molecule has 1 aromatic carbocycles. The average Bonchev–Trinajstić information content (AvgIpc) is 3.23. The van der Waals surface area contributed by atoms with Crippen LogP contribution in [-0.2, 0) is 27.9 Å². The van der Waals surface area contributed by atoms with E-state index in [9.17, 15) is 13.2 Å². The summed E-state index contributed by atoms with van der Waals surface area (Å²) in [5.74, 6) is 0.153. The van der Waals surface area contributed by atoms with Crippen molar-refractivity contribution in [3.63, 3.8) is 0 Å². The van der Waals surface area contributed by atoms with Crippen molar-refractivity contribution < 1.29 is 22.4 Å². The Bertz CT molecular complexity index is 1110. The van der Waals surface area contributed by atoms with Gasteiger partial charge in [0, 0.05) is 26.2 Å². The number of imidazole rings is 1. The number of aromatic nitrogens is 2. The maximum absolute atomic E-state index is 12.4. The van der Waals surface area contributed by atoms with Crippen molar-refractivity contribution in [3.05, 3.63) is 47.7 Å². The van der Waals surface area contributed by atoms with Gasteiger partial charge in [-0.05, 0) is 37.6 Å². The molecule has 150 valence electrons. The van der Waals surface area contributed by atoms with Crippen LogP contribution in [0.15, 0.2) is 39.8 Å². The number of hydrogen-bond acceptors (Lipinski definition) is 6. The molecule has 0 saturated heterocycles. The Balaban J connectivity index is 1.94. The van der Waals surface area contributed by atoms with Crippen LogP contribution >= 0.6 is 0 Å². The first-order chi connectivity index (χ1) is 13.3. The zero-order valence-electron chi connectivity index (χ0n) is 16.3. The quantitative estimate of drug-likeness (QED) is 0.561. The number of furan rings is 1. The summed E-state index contributed by atoms with van der Waals surface area (Å²) >= 11 is 0. The number of hydrogen-bond donors (Lipinski definition) is 0. The Morgan fingerprint density at radius 1 is 1.29 bits per heavy atom. The van der Waals surface area contributed by atoms with Gasteiger partial charge >= 0.3 is 5.97 Å². The third-order valence-corrected chi connectivity index (χ3v) is 6.22. The van der Waals surface area contributed by atoms with Gasteiger partial charge in [0.2, 0.25) is 15.8 Å². The predicted octanol–water partition coefficient (Wildman–Crippen LogP) is 2.96. The number of ether oxygens (including phenoxy) is 1. The molecule has 0 aliphatic rings. The van der Waals surface area contributed by atoms with Gasteiger partial charge < -0.3 is 13.7 Å². The van der Waals surface area contributed by atoms with Crippen molar-refractivity contribution in [2.75, 3.05) is 14.1 Å². The highest BCUT2D eigenvalue weighted by molar-refractivity contribution is 7.89. The van der Waals surface area contributed by atoms with Gasteiger partial charge in [-0.3, -0.25) is 0 Å². The predicted molar refractivity (Wildman–Crippen MR) is 103 cm³/mol. The summed E-state index contributed by atoms with van der Waals surface area (Å²) in [5.41, 5.74) is 2.03. The fourth-order valence-corrected chi connectivity index (χ4v) is 3.81. The van der Waals surface area contributed by atoms with E-state index in [1.54, 1.807) is 31.2 Å². The van der Waals surface area contributed by atoms with Crippen LogP contribution in [0.4, 0.5) is 0 Å². The maximum atomic E-state index is 12.4. The molecule has 8 nitrogen and oxygen atoms in total. The van der Waals surface area contributed by atoms with E-state index in [2.05, 4.69) is 4.98 Å². The highest BCUT2D eigenvalue weighted by Gasteiger charge is 2.21. The number of sulfonamides is 1. The molecule has 0 unspecified atom stereocenters. The van der Waals surface area contributed by atoms with E-state index in [-0.39, 0.29) is 17.3 Å². The molecule has 3 aromatic rings. The van der Waals surface area contributed by atoms with E-state index in [1.807, 2.05) is 11.5 Å². The number of esters is 1. The minimum absolute atomic E-state index is 0.0383. The van der Waals surface area contributed by atoms with Crippen molar-refractivity contribution in [1.29, 1.82) is 0 Å². The van der Waals surface area contributed by atoms with E-state index in [1.165, 1.54) is 20.4 Å². The van der Waals surface area contributed by atoms with Gasteiger partial charge in [-0.2, -0.15) is 0 Å². The van der Waals surface area contributed by atoms with Crippen LogP contribution in [0.5, 0.6) is 0 Å². The molecule has 0 saturated carbocycles. The van der Waals surface area contributed by atoms with E-state index < -0.39 is 16.0 Å². The summed E-state index contributed by atoms with van der Waals surface area (Å²) in [7, 11) is -0.592. The van der Waals surface area contributed by atoms with Gasteiger partial charge in [-0.15, -0.1) is 0 Å². The molecule has 9 heteroatoms. The first-order valence-electron chi connectivity index (χ1n) is 8.88. The Kier molecular flexibility index (Phi) is 5.57. The number of nitrogens with zero attached hydrogens (tertiary/aromatic N) is 3. The van der Waals surface area contributed by atoms with Crippen molar-refractivity contribution >= 4 is 27.0 Å². The van der Waals surface area contributed by atoms with E-state index >= 15 is 0 Å². The maximum Gasteiger partial charge on any atom is 0.374 e. The lowest BCUT2D eigenvalue weighted by Gasteiger charge is -2.11. The second kappa shape index (κ2) is 7.76. The molecular weight excluding hydrogens is 382 g/mol. The van der Waals surface area contributed by atoms with Crippen molar-refractivity contribution in [2.24, 2.45) is 0 Å². The Labute approximate surface area is 163 Å². The van der Waals surface area contributed by atoms with Crippen LogP contribution in [0.3, 0.4) is 0 Å². The normalized spacial score (nSPS) is 12.0. The van der Waals surface area contributed by atoms with Crippen molar-refractivity contribution in [1.82, 2.24) is 13.9 Å². The largest absolute Gasteiger partial charge is 0.457 e. The van der Waals surface area contributed by atoms with Gasteiger partial charge in [0.1, 0.15) is 12.4 Å². The van der Waals surface area contributed by atoms with Crippen LogP contribution < -0.4 is 0 Å². The van der Waals surface area contributed by atoms with Crippen LogP contribution in [0.25, 0.3) is 11.0 Å². The molecular formula is C19H23N3O5S. The van der Waals surface area contributed by atoms with Crippen LogP contribution in [0.1, 0.15) is 35.3 Å². The first kappa shape index (κ1) is 20.1. The molecule has 2 aromatic heterocycles. The number of carbonyl (C=O) groups excluding carboxylic acids is 1. The number of rotatable bonds is 7. The molecule has 28 heavy (non-hydrogen) atoms. The lowest BCUT2D eigenvalue weighted by molar-refractivity contribution is 0.0421. The monoisotopic (exact) mass is 405 g/mol. The SMILES string of the molecule is CCCn1c(COC(=O)c2occc2C)nc2cc(S(=O)(=O)N(C)C)ccc21. The number of benzene rings is 1. The molecule has 0 atom stereocenters. The summed E-state index contributed by atoms with van der Waals surface area (Å²) in [6.07, 6.45) is 2.28. The second-order valence-corrected chi connectivity index (χ2v) is 8.78. The van der Waals surface area contributed by atoms with Gasteiger partial charge in [-0.25, -0.2) is 22.5 Å². The molecule has 0 amide bonds. The molecule has 0 radical (unpaired) electrons. The standard InChI is InChI=1S/C19H23N3O5S/c1-5-9-22-16-7-6-14(28(24,25)21(3)4)11-15(16)20-17(22)12-27-19(23)18-13(2)8-10-26-18/h6-8,10-11H,5,9,12H2,1-4H3. The third-order valence-electron chi connectivity index (χ3n) is 4.40. The lowest BCUT2D eigenvalue weighted by atomic mass is 10.3. The van der Waals surface area contributed by atoms with Gasteiger partial charge in [0.25, 0.3) is 0 Å².